The first-order valence-electron chi connectivity index (χ1n) is 6.68. The molecule has 2 nitrogen and oxygen atoms in total. The van der Waals surface area contributed by atoms with Crippen molar-refractivity contribution in [2.24, 2.45) is 0 Å². The molecule has 1 unspecified atom stereocenters. The SMILES string of the molecule is CCC(Sc1ccc(Cl)cc1)C(=O)Nc1cccc(Cl)c1Cl. The Balaban J connectivity index is 2.08. The maximum absolute atomic E-state index is 12.4. The predicted octanol–water partition coefficient (Wildman–Crippen LogP) is 6.16. The molecule has 0 saturated heterocycles. The third-order valence-corrected chi connectivity index (χ3v) is 5.41. The van der Waals surface area contributed by atoms with E-state index in [1.165, 1.54) is 11.8 Å². The summed E-state index contributed by atoms with van der Waals surface area (Å²) in [4.78, 5) is 13.4. The minimum Gasteiger partial charge on any atom is -0.324 e. The number of hydrogen-bond acceptors (Lipinski definition) is 2. The van der Waals surface area contributed by atoms with E-state index in [1.807, 2.05) is 31.2 Å². The molecule has 0 spiro atoms. The molecule has 2 aromatic rings. The molecule has 0 heterocycles. The summed E-state index contributed by atoms with van der Waals surface area (Å²) in [7, 11) is 0. The van der Waals surface area contributed by atoms with Gasteiger partial charge in [0.15, 0.2) is 0 Å². The normalized spacial score (nSPS) is 12.0. The Morgan fingerprint density at radius 3 is 2.45 bits per heavy atom. The van der Waals surface area contributed by atoms with E-state index in [0.29, 0.717) is 27.2 Å². The molecule has 2 rings (SSSR count). The average Bonchev–Trinajstić information content (AvgIpc) is 2.51. The van der Waals surface area contributed by atoms with Crippen molar-refractivity contribution in [3.8, 4) is 0 Å². The third kappa shape index (κ3) is 4.56. The van der Waals surface area contributed by atoms with E-state index >= 15 is 0 Å². The number of halogens is 3. The standard InChI is InChI=1S/C16H14Cl3NOS/c1-2-14(22-11-8-6-10(17)7-9-11)16(21)20-13-5-3-4-12(18)15(13)19/h3-9,14H,2H2,1H3,(H,20,21). The monoisotopic (exact) mass is 373 g/mol. The second-order valence-corrected chi connectivity index (χ2v) is 7.06. The van der Waals surface area contributed by atoms with Gasteiger partial charge in [-0.25, -0.2) is 0 Å². The third-order valence-electron chi connectivity index (χ3n) is 2.96. The Bertz CT molecular complexity index is 661. The van der Waals surface area contributed by atoms with Crippen molar-refractivity contribution in [1.29, 1.82) is 0 Å². The lowest BCUT2D eigenvalue weighted by atomic mass is 10.2. The number of carbonyl (C=O) groups is 1. The Morgan fingerprint density at radius 1 is 1.14 bits per heavy atom. The first kappa shape index (κ1) is 17.5. The van der Waals surface area contributed by atoms with Crippen molar-refractivity contribution >= 4 is 58.2 Å². The van der Waals surface area contributed by atoms with Crippen LogP contribution in [0.1, 0.15) is 13.3 Å². The summed E-state index contributed by atoms with van der Waals surface area (Å²) >= 11 is 19.4. The minimum absolute atomic E-state index is 0.105. The van der Waals surface area contributed by atoms with Crippen LogP contribution in [0.2, 0.25) is 15.1 Å². The van der Waals surface area contributed by atoms with Crippen LogP contribution in [0.4, 0.5) is 5.69 Å². The van der Waals surface area contributed by atoms with Crippen LogP contribution < -0.4 is 5.32 Å². The molecule has 0 aliphatic carbocycles. The molecule has 2 aromatic carbocycles. The van der Waals surface area contributed by atoms with E-state index in [9.17, 15) is 4.79 Å². The molecule has 0 bridgehead atoms. The van der Waals surface area contributed by atoms with Gasteiger partial charge in [0.1, 0.15) is 0 Å². The number of anilines is 1. The van der Waals surface area contributed by atoms with Crippen LogP contribution in [-0.4, -0.2) is 11.2 Å². The molecular formula is C16H14Cl3NOS. The summed E-state index contributed by atoms with van der Waals surface area (Å²) in [6.45, 7) is 1.97. The lowest BCUT2D eigenvalue weighted by molar-refractivity contribution is -0.115. The summed E-state index contributed by atoms with van der Waals surface area (Å²) in [6, 6.07) is 12.6. The van der Waals surface area contributed by atoms with Crippen molar-refractivity contribution in [1.82, 2.24) is 0 Å². The minimum atomic E-state index is -0.226. The molecule has 6 heteroatoms. The second kappa shape index (κ2) is 8.11. The van der Waals surface area contributed by atoms with Gasteiger partial charge >= 0.3 is 0 Å². The van der Waals surface area contributed by atoms with Crippen molar-refractivity contribution in [2.45, 2.75) is 23.5 Å². The average molecular weight is 375 g/mol. The fourth-order valence-electron chi connectivity index (χ4n) is 1.81. The number of amides is 1. The van der Waals surface area contributed by atoms with E-state index in [0.717, 1.165) is 4.90 Å². The highest BCUT2D eigenvalue weighted by atomic mass is 35.5. The van der Waals surface area contributed by atoms with Crippen molar-refractivity contribution in [3.63, 3.8) is 0 Å². The molecule has 22 heavy (non-hydrogen) atoms. The number of benzene rings is 2. The summed E-state index contributed by atoms with van der Waals surface area (Å²) in [5.41, 5.74) is 0.523. The van der Waals surface area contributed by atoms with Gasteiger partial charge in [-0.2, -0.15) is 0 Å². The Morgan fingerprint density at radius 2 is 1.82 bits per heavy atom. The topological polar surface area (TPSA) is 29.1 Å². The predicted molar refractivity (Wildman–Crippen MR) is 96.5 cm³/mol. The Kier molecular flexibility index (Phi) is 6.45. The molecule has 0 aliphatic heterocycles. The molecule has 1 atom stereocenters. The second-order valence-electron chi connectivity index (χ2n) is 4.56. The maximum atomic E-state index is 12.4. The van der Waals surface area contributed by atoms with Gasteiger partial charge in [-0.3, -0.25) is 4.79 Å². The maximum Gasteiger partial charge on any atom is 0.237 e. The number of thioether (sulfide) groups is 1. The van der Waals surface area contributed by atoms with Crippen molar-refractivity contribution < 1.29 is 4.79 Å². The van der Waals surface area contributed by atoms with Crippen LogP contribution in [0.25, 0.3) is 0 Å². The summed E-state index contributed by atoms with van der Waals surface area (Å²) in [5, 5.41) is 4.04. The van der Waals surface area contributed by atoms with E-state index in [2.05, 4.69) is 5.32 Å². The van der Waals surface area contributed by atoms with Gasteiger partial charge in [0.25, 0.3) is 0 Å². The van der Waals surface area contributed by atoms with E-state index in [1.54, 1.807) is 18.2 Å². The summed E-state index contributed by atoms with van der Waals surface area (Å²) in [6.07, 6.45) is 0.692. The molecule has 0 fully saturated rings. The molecule has 0 radical (unpaired) electrons. The van der Waals surface area contributed by atoms with Crippen LogP contribution in [0.15, 0.2) is 47.4 Å². The fourth-order valence-corrected chi connectivity index (χ4v) is 3.24. The largest absolute Gasteiger partial charge is 0.324 e. The first-order valence-corrected chi connectivity index (χ1v) is 8.69. The van der Waals surface area contributed by atoms with Gasteiger partial charge in [0.2, 0.25) is 5.91 Å². The molecule has 0 saturated carbocycles. The molecule has 1 amide bonds. The first-order chi connectivity index (χ1) is 10.5. The highest BCUT2D eigenvalue weighted by Gasteiger charge is 2.19. The van der Waals surface area contributed by atoms with Crippen LogP contribution in [0.3, 0.4) is 0 Å². The number of rotatable bonds is 5. The zero-order valence-corrected chi connectivity index (χ0v) is 14.9. The zero-order valence-electron chi connectivity index (χ0n) is 11.8. The molecule has 116 valence electrons. The van der Waals surface area contributed by atoms with Crippen molar-refractivity contribution in [2.75, 3.05) is 5.32 Å². The van der Waals surface area contributed by atoms with Gasteiger partial charge in [-0.1, -0.05) is 47.8 Å². The fraction of sp³-hybridized carbons (Fsp3) is 0.188. The summed E-state index contributed by atoms with van der Waals surface area (Å²) < 4.78 is 0. The van der Waals surface area contributed by atoms with Gasteiger partial charge < -0.3 is 5.32 Å². The van der Waals surface area contributed by atoms with Crippen LogP contribution in [0, 0.1) is 0 Å². The van der Waals surface area contributed by atoms with E-state index in [-0.39, 0.29) is 11.2 Å². The lowest BCUT2D eigenvalue weighted by Gasteiger charge is -2.15. The zero-order chi connectivity index (χ0) is 16.1. The Hall–Kier alpha value is -0.870. The van der Waals surface area contributed by atoms with Gasteiger partial charge in [0, 0.05) is 9.92 Å². The quantitative estimate of drug-likeness (QED) is 0.635. The highest BCUT2D eigenvalue weighted by Crippen LogP contribution is 2.31. The van der Waals surface area contributed by atoms with E-state index < -0.39 is 0 Å². The highest BCUT2D eigenvalue weighted by molar-refractivity contribution is 8.00. The van der Waals surface area contributed by atoms with Crippen LogP contribution >= 0.6 is 46.6 Å². The van der Waals surface area contributed by atoms with Crippen LogP contribution in [0.5, 0.6) is 0 Å². The molecular weight excluding hydrogens is 361 g/mol. The van der Waals surface area contributed by atoms with Gasteiger partial charge in [-0.05, 0) is 42.8 Å². The Labute approximate surface area is 149 Å². The number of nitrogens with one attached hydrogen (secondary N) is 1. The lowest BCUT2D eigenvalue weighted by Crippen LogP contribution is -2.24. The van der Waals surface area contributed by atoms with Gasteiger partial charge in [-0.15, -0.1) is 11.8 Å². The number of carbonyl (C=O) groups excluding carboxylic acids is 1. The van der Waals surface area contributed by atoms with E-state index in [4.69, 9.17) is 34.8 Å². The molecule has 1 N–H and O–H groups in total. The molecule has 0 aliphatic rings. The van der Waals surface area contributed by atoms with Crippen LogP contribution in [-0.2, 0) is 4.79 Å². The van der Waals surface area contributed by atoms with Gasteiger partial charge in [0.05, 0.1) is 21.0 Å². The molecule has 0 aromatic heterocycles. The number of hydrogen-bond donors (Lipinski definition) is 1. The van der Waals surface area contributed by atoms with Crippen molar-refractivity contribution in [3.05, 3.63) is 57.5 Å². The smallest absolute Gasteiger partial charge is 0.237 e. The summed E-state index contributed by atoms with van der Waals surface area (Å²) in [5.74, 6) is -0.105.